The average Bonchev–Trinajstić information content (AvgIpc) is 1.85. The van der Waals surface area contributed by atoms with Crippen molar-refractivity contribution >= 4 is 29.3 Å². The van der Waals surface area contributed by atoms with Gasteiger partial charge in [0.05, 0.1) is 12.3 Å². The molecule has 0 aromatic rings. The van der Waals surface area contributed by atoms with Crippen molar-refractivity contribution < 1.29 is 9.59 Å². The van der Waals surface area contributed by atoms with Crippen molar-refractivity contribution in [3.05, 3.63) is 0 Å². The Morgan fingerprint density at radius 3 is 2.80 bits per heavy atom. The first kappa shape index (κ1) is 7.21. The number of hydrogen-bond acceptors (Lipinski definition) is 2. The SMILES string of the molecule is O=C1CC(CCl)=NC(=O)N1. The molecule has 0 fully saturated rings. The van der Waals surface area contributed by atoms with Gasteiger partial charge in [0.2, 0.25) is 5.91 Å². The predicted octanol–water partition coefficient (Wildman–Crippen LogP) is 0.306. The van der Waals surface area contributed by atoms with E-state index in [0.29, 0.717) is 5.71 Å². The zero-order valence-electron chi connectivity index (χ0n) is 5.06. The Bertz CT molecular complexity index is 212. The van der Waals surface area contributed by atoms with Crippen LogP contribution in [0.4, 0.5) is 4.79 Å². The maximum Gasteiger partial charge on any atom is 0.347 e. The highest BCUT2D eigenvalue weighted by Crippen LogP contribution is 1.97. The van der Waals surface area contributed by atoms with E-state index in [1.54, 1.807) is 0 Å². The van der Waals surface area contributed by atoms with Crippen molar-refractivity contribution in [1.82, 2.24) is 5.32 Å². The summed E-state index contributed by atoms with van der Waals surface area (Å²) in [6.45, 7) is 0. The molecule has 10 heavy (non-hydrogen) atoms. The van der Waals surface area contributed by atoms with Gasteiger partial charge in [-0.3, -0.25) is 10.1 Å². The minimum Gasteiger partial charge on any atom is -0.276 e. The van der Waals surface area contributed by atoms with Gasteiger partial charge in [0.1, 0.15) is 0 Å². The second-order valence-corrected chi connectivity index (χ2v) is 2.11. The molecule has 0 aliphatic carbocycles. The maximum atomic E-state index is 10.6. The number of halogens is 1. The monoisotopic (exact) mass is 160 g/mol. The quantitative estimate of drug-likeness (QED) is 0.561. The molecule has 4 nitrogen and oxygen atoms in total. The van der Waals surface area contributed by atoms with E-state index in [1.165, 1.54) is 0 Å². The Hall–Kier alpha value is -0.900. The van der Waals surface area contributed by atoms with Crippen molar-refractivity contribution in [2.24, 2.45) is 4.99 Å². The van der Waals surface area contributed by atoms with Crippen molar-refractivity contribution in [2.75, 3.05) is 5.88 Å². The van der Waals surface area contributed by atoms with Gasteiger partial charge in [0, 0.05) is 5.71 Å². The molecular formula is C5H5ClN2O2. The topological polar surface area (TPSA) is 58.5 Å². The van der Waals surface area contributed by atoms with Crippen LogP contribution in [-0.4, -0.2) is 23.5 Å². The van der Waals surface area contributed by atoms with Gasteiger partial charge in [0.15, 0.2) is 0 Å². The van der Waals surface area contributed by atoms with Crippen molar-refractivity contribution in [3.8, 4) is 0 Å². The molecule has 0 spiro atoms. The van der Waals surface area contributed by atoms with Crippen LogP contribution >= 0.6 is 11.6 Å². The zero-order chi connectivity index (χ0) is 7.56. The van der Waals surface area contributed by atoms with E-state index in [9.17, 15) is 9.59 Å². The van der Waals surface area contributed by atoms with E-state index < -0.39 is 6.03 Å². The van der Waals surface area contributed by atoms with Gasteiger partial charge in [-0.1, -0.05) is 0 Å². The number of aliphatic imine (C=N–C) groups is 1. The molecule has 0 aromatic heterocycles. The fraction of sp³-hybridized carbons (Fsp3) is 0.400. The summed E-state index contributed by atoms with van der Waals surface area (Å²) in [5, 5.41) is 2.02. The van der Waals surface area contributed by atoms with Gasteiger partial charge in [-0.15, -0.1) is 11.6 Å². The molecule has 0 unspecified atom stereocenters. The second-order valence-electron chi connectivity index (χ2n) is 1.84. The fourth-order valence-corrected chi connectivity index (χ4v) is 0.791. The van der Waals surface area contributed by atoms with E-state index >= 15 is 0 Å². The summed E-state index contributed by atoms with van der Waals surface area (Å²) in [7, 11) is 0. The van der Waals surface area contributed by atoms with E-state index in [-0.39, 0.29) is 18.2 Å². The highest BCUT2D eigenvalue weighted by molar-refractivity contribution is 6.32. The average molecular weight is 161 g/mol. The zero-order valence-corrected chi connectivity index (χ0v) is 5.81. The van der Waals surface area contributed by atoms with Gasteiger partial charge in [-0.25, -0.2) is 9.79 Å². The number of carbonyl (C=O) groups is 2. The molecule has 0 bridgehead atoms. The molecule has 1 N–H and O–H groups in total. The van der Waals surface area contributed by atoms with Gasteiger partial charge in [-0.2, -0.15) is 0 Å². The van der Waals surface area contributed by atoms with Gasteiger partial charge in [-0.05, 0) is 0 Å². The number of urea groups is 1. The third kappa shape index (κ3) is 1.54. The number of amides is 3. The highest BCUT2D eigenvalue weighted by atomic mass is 35.5. The highest BCUT2D eigenvalue weighted by Gasteiger charge is 2.16. The summed E-state index contributed by atoms with van der Waals surface area (Å²) in [6.07, 6.45) is 0.134. The van der Waals surface area contributed by atoms with Gasteiger partial charge in [0.25, 0.3) is 0 Å². The molecule has 0 aromatic carbocycles. The lowest BCUT2D eigenvalue weighted by atomic mass is 10.2. The summed E-state index contributed by atoms with van der Waals surface area (Å²) < 4.78 is 0. The van der Waals surface area contributed by atoms with Crippen LogP contribution in [0.25, 0.3) is 0 Å². The van der Waals surface area contributed by atoms with Crippen LogP contribution in [-0.2, 0) is 4.79 Å². The van der Waals surface area contributed by atoms with E-state index in [4.69, 9.17) is 11.6 Å². The molecule has 54 valence electrons. The van der Waals surface area contributed by atoms with Gasteiger partial charge >= 0.3 is 6.03 Å². The number of alkyl halides is 1. The summed E-state index contributed by atoms with van der Waals surface area (Å²) in [4.78, 5) is 24.5. The Labute approximate surface area is 62.3 Å². The number of imide groups is 1. The van der Waals surface area contributed by atoms with E-state index in [1.807, 2.05) is 5.32 Å². The molecule has 0 saturated heterocycles. The minimum absolute atomic E-state index is 0.134. The minimum atomic E-state index is -0.619. The fourth-order valence-electron chi connectivity index (χ4n) is 0.637. The number of nitrogens with one attached hydrogen (secondary N) is 1. The summed E-state index contributed by atoms with van der Waals surface area (Å²) in [6, 6.07) is -0.619. The van der Waals surface area contributed by atoms with Crippen LogP contribution < -0.4 is 5.32 Å². The standard InChI is InChI=1S/C5H5ClN2O2/c6-2-3-1-4(9)8-5(10)7-3/h1-2H2,(H,8,9,10). The normalized spacial score (nSPS) is 18.3. The Morgan fingerprint density at radius 1 is 1.60 bits per heavy atom. The molecule has 1 aliphatic rings. The number of hydrogen-bond donors (Lipinski definition) is 1. The lowest BCUT2D eigenvalue weighted by Gasteiger charge is -2.07. The first-order valence-electron chi connectivity index (χ1n) is 2.68. The van der Waals surface area contributed by atoms with Crippen LogP contribution in [0.2, 0.25) is 0 Å². The Balaban J connectivity index is 2.74. The van der Waals surface area contributed by atoms with Crippen molar-refractivity contribution in [1.29, 1.82) is 0 Å². The summed E-state index contributed by atoms with van der Waals surface area (Å²) in [5.74, 6) is -0.199. The summed E-state index contributed by atoms with van der Waals surface area (Å²) >= 11 is 5.35. The first-order chi connectivity index (χ1) is 4.72. The number of rotatable bonds is 1. The van der Waals surface area contributed by atoms with Crippen LogP contribution in [0, 0.1) is 0 Å². The number of carbonyl (C=O) groups excluding carboxylic acids is 2. The lowest BCUT2D eigenvalue weighted by molar-refractivity contribution is -0.118. The second kappa shape index (κ2) is 2.79. The van der Waals surface area contributed by atoms with E-state index in [0.717, 1.165) is 0 Å². The van der Waals surface area contributed by atoms with Crippen molar-refractivity contribution in [3.63, 3.8) is 0 Å². The third-order valence-electron chi connectivity index (χ3n) is 1.02. The molecule has 0 atom stereocenters. The predicted molar refractivity (Wildman–Crippen MR) is 36.3 cm³/mol. The molecule has 1 aliphatic heterocycles. The third-order valence-corrected chi connectivity index (χ3v) is 1.33. The maximum absolute atomic E-state index is 10.6. The largest absolute Gasteiger partial charge is 0.347 e. The first-order valence-corrected chi connectivity index (χ1v) is 3.22. The van der Waals surface area contributed by atoms with Crippen LogP contribution in [0.3, 0.4) is 0 Å². The van der Waals surface area contributed by atoms with Crippen LogP contribution in [0.1, 0.15) is 6.42 Å². The molecule has 1 rings (SSSR count). The summed E-state index contributed by atoms with van der Waals surface area (Å²) in [5.41, 5.74) is 0.426. The van der Waals surface area contributed by atoms with Crippen molar-refractivity contribution in [2.45, 2.75) is 6.42 Å². The molecule has 3 amide bonds. The van der Waals surface area contributed by atoms with Crippen LogP contribution in [0.5, 0.6) is 0 Å². The van der Waals surface area contributed by atoms with Gasteiger partial charge < -0.3 is 0 Å². The van der Waals surface area contributed by atoms with E-state index in [2.05, 4.69) is 4.99 Å². The smallest absolute Gasteiger partial charge is 0.276 e. The molecule has 0 radical (unpaired) electrons. The molecule has 1 heterocycles. The Kier molecular flexibility index (Phi) is 2.01. The molecular weight excluding hydrogens is 156 g/mol. The number of nitrogens with zero attached hydrogens (tertiary/aromatic N) is 1. The Morgan fingerprint density at radius 2 is 2.30 bits per heavy atom. The van der Waals surface area contributed by atoms with Crippen LogP contribution in [0.15, 0.2) is 4.99 Å². The molecule has 5 heteroatoms. The molecule has 0 saturated carbocycles. The lowest BCUT2D eigenvalue weighted by Crippen LogP contribution is -2.35.